The first kappa shape index (κ1) is 12.5. The van der Waals surface area contributed by atoms with Crippen LogP contribution in [0.1, 0.15) is 52.4 Å². The SMILES string of the molecule is CCCC(C)(C(=O)O)N1CCCCCC1. The number of hydrogen-bond acceptors (Lipinski definition) is 2. The van der Waals surface area contributed by atoms with Crippen LogP contribution in [0.5, 0.6) is 0 Å². The van der Waals surface area contributed by atoms with Crippen LogP contribution < -0.4 is 0 Å². The minimum Gasteiger partial charge on any atom is -0.480 e. The Morgan fingerprint density at radius 3 is 2.20 bits per heavy atom. The van der Waals surface area contributed by atoms with Gasteiger partial charge in [-0.25, -0.2) is 0 Å². The summed E-state index contributed by atoms with van der Waals surface area (Å²) in [7, 11) is 0. The van der Waals surface area contributed by atoms with E-state index >= 15 is 0 Å². The van der Waals surface area contributed by atoms with E-state index in [-0.39, 0.29) is 0 Å². The van der Waals surface area contributed by atoms with Gasteiger partial charge in [0.15, 0.2) is 0 Å². The summed E-state index contributed by atoms with van der Waals surface area (Å²) in [6.07, 6.45) is 6.47. The maximum absolute atomic E-state index is 11.4. The molecule has 1 unspecified atom stereocenters. The van der Waals surface area contributed by atoms with Gasteiger partial charge in [-0.3, -0.25) is 9.69 Å². The van der Waals surface area contributed by atoms with Crippen LogP contribution in [-0.2, 0) is 4.79 Å². The number of rotatable bonds is 4. The Bertz CT molecular complexity index is 210. The third kappa shape index (κ3) is 2.94. The fourth-order valence-electron chi connectivity index (χ4n) is 2.45. The maximum atomic E-state index is 11.4. The highest BCUT2D eigenvalue weighted by Gasteiger charge is 2.38. The Kier molecular flexibility index (Phi) is 4.58. The number of likely N-dealkylation sites (tertiary alicyclic amines) is 1. The first-order chi connectivity index (χ1) is 7.11. The van der Waals surface area contributed by atoms with Gasteiger partial charge in [-0.05, 0) is 39.3 Å². The minimum atomic E-state index is -0.661. The third-order valence-electron chi connectivity index (χ3n) is 3.50. The molecule has 1 saturated heterocycles. The zero-order valence-corrected chi connectivity index (χ0v) is 9.96. The lowest BCUT2D eigenvalue weighted by atomic mass is 9.93. The van der Waals surface area contributed by atoms with Crippen LogP contribution >= 0.6 is 0 Å². The molecule has 1 heterocycles. The predicted molar refractivity (Wildman–Crippen MR) is 61.0 cm³/mol. The predicted octanol–water partition coefficient (Wildman–Crippen LogP) is 2.51. The Balaban J connectivity index is 2.72. The molecule has 0 saturated carbocycles. The van der Waals surface area contributed by atoms with E-state index in [0.717, 1.165) is 38.8 Å². The standard InChI is InChI=1S/C12H23NO2/c1-3-8-12(2,11(14)15)13-9-6-4-5-7-10-13/h3-10H2,1-2H3,(H,14,15). The van der Waals surface area contributed by atoms with E-state index in [1.165, 1.54) is 12.8 Å². The van der Waals surface area contributed by atoms with Crippen molar-refractivity contribution < 1.29 is 9.90 Å². The quantitative estimate of drug-likeness (QED) is 0.780. The number of hydrogen-bond donors (Lipinski definition) is 1. The molecule has 0 aromatic rings. The summed E-state index contributed by atoms with van der Waals surface area (Å²) in [6.45, 7) is 5.83. The van der Waals surface area contributed by atoms with Crippen molar-refractivity contribution >= 4 is 5.97 Å². The van der Waals surface area contributed by atoms with Crippen molar-refractivity contribution in [1.29, 1.82) is 0 Å². The molecule has 0 aromatic heterocycles. The molecule has 0 bridgehead atoms. The van der Waals surface area contributed by atoms with Crippen molar-refractivity contribution in [2.24, 2.45) is 0 Å². The van der Waals surface area contributed by atoms with Gasteiger partial charge < -0.3 is 5.11 Å². The van der Waals surface area contributed by atoms with Gasteiger partial charge >= 0.3 is 5.97 Å². The van der Waals surface area contributed by atoms with Gasteiger partial charge in [-0.15, -0.1) is 0 Å². The van der Waals surface area contributed by atoms with E-state index in [0.29, 0.717) is 0 Å². The molecule has 0 aliphatic carbocycles. The van der Waals surface area contributed by atoms with Gasteiger partial charge in [0, 0.05) is 0 Å². The molecule has 1 fully saturated rings. The van der Waals surface area contributed by atoms with E-state index in [4.69, 9.17) is 0 Å². The fraction of sp³-hybridized carbons (Fsp3) is 0.917. The second kappa shape index (κ2) is 5.50. The van der Waals surface area contributed by atoms with Gasteiger partial charge in [0.25, 0.3) is 0 Å². The molecule has 3 nitrogen and oxygen atoms in total. The molecule has 0 amide bonds. The van der Waals surface area contributed by atoms with Crippen LogP contribution in [0.2, 0.25) is 0 Å². The summed E-state index contributed by atoms with van der Waals surface area (Å²) in [6, 6.07) is 0. The average molecular weight is 213 g/mol. The molecule has 15 heavy (non-hydrogen) atoms. The molecule has 3 heteroatoms. The molecule has 88 valence electrons. The van der Waals surface area contributed by atoms with Gasteiger partial charge in [-0.2, -0.15) is 0 Å². The second-order valence-electron chi connectivity index (χ2n) is 4.73. The van der Waals surface area contributed by atoms with Crippen molar-refractivity contribution in [2.45, 2.75) is 57.9 Å². The summed E-state index contributed by atoms with van der Waals surface area (Å²) in [5.41, 5.74) is -0.640. The largest absolute Gasteiger partial charge is 0.480 e. The molecule has 1 aliphatic rings. The first-order valence-electron chi connectivity index (χ1n) is 6.09. The molecule has 0 spiro atoms. The van der Waals surface area contributed by atoms with Crippen molar-refractivity contribution in [3.05, 3.63) is 0 Å². The van der Waals surface area contributed by atoms with Crippen LogP contribution in [0.4, 0.5) is 0 Å². The molecule has 1 aliphatic heterocycles. The highest BCUT2D eigenvalue weighted by molar-refractivity contribution is 5.78. The molecule has 0 radical (unpaired) electrons. The lowest BCUT2D eigenvalue weighted by molar-refractivity contribution is -0.151. The Hall–Kier alpha value is -0.570. The maximum Gasteiger partial charge on any atom is 0.323 e. The normalized spacial score (nSPS) is 23.1. The molecule has 0 aromatic carbocycles. The zero-order chi connectivity index (χ0) is 11.3. The van der Waals surface area contributed by atoms with Crippen molar-refractivity contribution in [3.63, 3.8) is 0 Å². The second-order valence-corrected chi connectivity index (χ2v) is 4.73. The van der Waals surface area contributed by atoms with Crippen LogP contribution in [0.25, 0.3) is 0 Å². The summed E-state index contributed by atoms with van der Waals surface area (Å²) in [4.78, 5) is 13.6. The van der Waals surface area contributed by atoms with E-state index in [2.05, 4.69) is 11.8 Å². The van der Waals surface area contributed by atoms with E-state index in [1.54, 1.807) is 0 Å². The Morgan fingerprint density at radius 2 is 1.80 bits per heavy atom. The number of carboxylic acid groups (broad SMARTS) is 1. The van der Waals surface area contributed by atoms with Gasteiger partial charge in [0.1, 0.15) is 5.54 Å². The van der Waals surface area contributed by atoms with Crippen molar-refractivity contribution in [2.75, 3.05) is 13.1 Å². The third-order valence-corrected chi connectivity index (χ3v) is 3.50. The summed E-state index contributed by atoms with van der Waals surface area (Å²) in [5, 5.41) is 9.37. The van der Waals surface area contributed by atoms with Crippen LogP contribution in [0.15, 0.2) is 0 Å². The monoisotopic (exact) mass is 213 g/mol. The summed E-state index contributed by atoms with van der Waals surface area (Å²) in [5.74, 6) is -0.661. The highest BCUT2D eigenvalue weighted by atomic mass is 16.4. The topological polar surface area (TPSA) is 40.5 Å². The molecule has 1 N–H and O–H groups in total. The van der Waals surface area contributed by atoms with Gasteiger partial charge in [-0.1, -0.05) is 26.2 Å². The Labute approximate surface area is 92.5 Å². The zero-order valence-electron chi connectivity index (χ0n) is 9.96. The highest BCUT2D eigenvalue weighted by Crippen LogP contribution is 2.25. The lowest BCUT2D eigenvalue weighted by Crippen LogP contribution is -2.52. The van der Waals surface area contributed by atoms with E-state index < -0.39 is 11.5 Å². The molecule has 1 atom stereocenters. The van der Waals surface area contributed by atoms with E-state index in [9.17, 15) is 9.90 Å². The summed E-state index contributed by atoms with van der Waals surface area (Å²) >= 11 is 0. The van der Waals surface area contributed by atoms with Crippen LogP contribution in [0.3, 0.4) is 0 Å². The number of carboxylic acids is 1. The van der Waals surface area contributed by atoms with Gasteiger partial charge in [0.2, 0.25) is 0 Å². The number of carbonyl (C=O) groups is 1. The first-order valence-corrected chi connectivity index (χ1v) is 6.09. The molecule has 1 rings (SSSR count). The van der Waals surface area contributed by atoms with Crippen molar-refractivity contribution in [3.8, 4) is 0 Å². The Morgan fingerprint density at radius 1 is 1.27 bits per heavy atom. The van der Waals surface area contributed by atoms with E-state index in [1.807, 2.05) is 6.92 Å². The van der Waals surface area contributed by atoms with Crippen LogP contribution in [-0.4, -0.2) is 34.6 Å². The number of nitrogens with zero attached hydrogens (tertiary/aromatic N) is 1. The average Bonchev–Trinajstić information content (AvgIpc) is 2.45. The number of aliphatic carboxylic acids is 1. The summed E-state index contributed by atoms with van der Waals surface area (Å²) < 4.78 is 0. The minimum absolute atomic E-state index is 0.640. The van der Waals surface area contributed by atoms with Crippen LogP contribution in [0, 0.1) is 0 Å². The smallest absolute Gasteiger partial charge is 0.323 e. The van der Waals surface area contributed by atoms with Gasteiger partial charge in [0.05, 0.1) is 0 Å². The lowest BCUT2D eigenvalue weighted by Gasteiger charge is -2.37. The fourth-order valence-corrected chi connectivity index (χ4v) is 2.45. The van der Waals surface area contributed by atoms with Crippen molar-refractivity contribution in [1.82, 2.24) is 4.90 Å². The molecular weight excluding hydrogens is 190 g/mol. The molecular formula is C12H23NO2.